The molecule has 0 aliphatic rings. The highest BCUT2D eigenvalue weighted by atomic mass is 13.8. The molecule has 0 saturated carbocycles. The molecule has 1 aromatic rings. The number of allylic oxidation sites excluding steroid dienone is 3. The molecule has 0 heteroatoms. The van der Waals surface area contributed by atoms with Gasteiger partial charge in [-0.1, -0.05) is 73.9 Å². The largest absolute Gasteiger partial charge is 0.103 e. The van der Waals surface area contributed by atoms with E-state index in [1.165, 1.54) is 5.56 Å². The molecule has 0 atom stereocenters. The van der Waals surface area contributed by atoms with Crippen LogP contribution in [0.4, 0.5) is 0 Å². The van der Waals surface area contributed by atoms with Gasteiger partial charge in [-0.2, -0.15) is 0 Å². The summed E-state index contributed by atoms with van der Waals surface area (Å²) in [5, 5.41) is 0. The topological polar surface area (TPSA) is 0 Å². The van der Waals surface area contributed by atoms with Crippen molar-refractivity contribution < 1.29 is 0 Å². The van der Waals surface area contributed by atoms with Crippen LogP contribution in [0.1, 0.15) is 19.4 Å². The second-order valence-electron chi connectivity index (χ2n) is 3.07. The highest BCUT2D eigenvalue weighted by Gasteiger charge is 1.75. The smallest absolute Gasteiger partial charge is 0.0263 e. The van der Waals surface area contributed by atoms with Crippen LogP contribution in [0.25, 0.3) is 6.08 Å². The fraction of sp³-hybridized carbons (Fsp3) is 0.125. The summed E-state index contributed by atoms with van der Waals surface area (Å²) < 4.78 is 0. The molecule has 0 unspecified atom stereocenters. The molecule has 0 aliphatic carbocycles. The second kappa shape index (κ2) is 13.2. The van der Waals surface area contributed by atoms with Crippen molar-refractivity contribution in [2.24, 2.45) is 0 Å². The van der Waals surface area contributed by atoms with Crippen LogP contribution < -0.4 is 0 Å². The molecule has 1 aromatic carbocycles. The van der Waals surface area contributed by atoms with Gasteiger partial charge >= 0.3 is 0 Å². The molecule has 0 spiro atoms. The Kier molecular flexibility index (Phi) is 13.7. The molecule has 0 nitrogen and oxygen atoms in total. The SMILES string of the molecule is C=CC.C=CC(=C)C.C=Cc1ccccc1. The Morgan fingerprint density at radius 3 is 1.62 bits per heavy atom. The van der Waals surface area contributed by atoms with Gasteiger partial charge in [0.25, 0.3) is 0 Å². The van der Waals surface area contributed by atoms with E-state index in [0.717, 1.165) is 5.57 Å². The summed E-state index contributed by atoms with van der Waals surface area (Å²) in [6.07, 6.45) is 5.31. The molecule has 0 heterocycles. The molecule has 0 bridgehead atoms. The Bertz CT molecular complexity index is 304. The third-order valence-electron chi connectivity index (χ3n) is 1.38. The first-order chi connectivity index (χ1) is 7.62. The third-order valence-corrected chi connectivity index (χ3v) is 1.38. The normalized spacial score (nSPS) is 7.12. The second-order valence-corrected chi connectivity index (χ2v) is 3.07. The maximum Gasteiger partial charge on any atom is -0.0263 e. The Morgan fingerprint density at radius 1 is 1.06 bits per heavy atom. The molecular formula is C16H22. The van der Waals surface area contributed by atoms with E-state index >= 15 is 0 Å². The van der Waals surface area contributed by atoms with Gasteiger partial charge < -0.3 is 0 Å². The van der Waals surface area contributed by atoms with Gasteiger partial charge in [-0.05, 0) is 19.4 Å². The zero-order valence-electron chi connectivity index (χ0n) is 10.4. The number of hydrogen-bond donors (Lipinski definition) is 0. The van der Waals surface area contributed by atoms with Gasteiger partial charge in [0.05, 0.1) is 0 Å². The van der Waals surface area contributed by atoms with Crippen LogP contribution in [0.3, 0.4) is 0 Å². The first-order valence-corrected chi connectivity index (χ1v) is 5.14. The van der Waals surface area contributed by atoms with E-state index in [4.69, 9.17) is 0 Å². The molecule has 0 amide bonds. The maximum atomic E-state index is 3.63. The summed E-state index contributed by atoms with van der Waals surface area (Å²) >= 11 is 0. The Morgan fingerprint density at radius 2 is 1.44 bits per heavy atom. The van der Waals surface area contributed by atoms with Gasteiger partial charge in [-0.15, -0.1) is 6.58 Å². The van der Waals surface area contributed by atoms with Crippen molar-refractivity contribution in [2.75, 3.05) is 0 Å². The molecule has 1 rings (SSSR count). The van der Waals surface area contributed by atoms with Crippen LogP contribution in [0.2, 0.25) is 0 Å². The summed E-state index contributed by atoms with van der Waals surface area (Å²) in [4.78, 5) is 0. The number of hydrogen-bond acceptors (Lipinski definition) is 0. The van der Waals surface area contributed by atoms with Crippen molar-refractivity contribution in [3.05, 3.63) is 79.9 Å². The Balaban J connectivity index is 0. The highest BCUT2D eigenvalue weighted by molar-refractivity contribution is 5.45. The van der Waals surface area contributed by atoms with Gasteiger partial charge in [0, 0.05) is 0 Å². The lowest BCUT2D eigenvalue weighted by atomic mass is 10.2. The van der Waals surface area contributed by atoms with Gasteiger partial charge in [0.15, 0.2) is 0 Å². The molecule has 0 aliphatic heterocycles. The van der Waals surface area contributed by atoms with E-state index < -0.39 is 0 Å². The van der Waals surface area contributed by atoms with Gasteiger partial charge in [-0.3, -0.25) is 0 Å². The summed E-state index contributed by atoms with van der Waals surface area (Å²) in [6, 6.07) is 10.0. The number of rotatable bonds is 2. The van der Waals surface area contributed by atoms with Gasteiger partial charge in [0.1, 0.15) is 0 Å². The molecule has 86 valence electrons. The van der Waals surface area contributed by atoms with Crippen molar-refractivity contribution in [1.29, 1.82) is 0 Å². The summed E-state index contributed by atoms with van der Waals surface area (Å²) in [6.45, 7) is 17.8. The van der Waals surface area contributed by atoms with Crippen LogP contribution in [0.5, 0.6) is 0 Å². The summed E-state index contributed by atoms with van der Waals surface area (Å²) in [5.41, 5.74) is 2.19. The predicted molar refractivity (Wildman–Crippen MR) is 77.4 cm³/mol. The molecule has 0 N–H and O–H groups in total. The van der Waals surface area contributed by atoms with Gasteiger partial charge in [0.2, 0.25) is 0 Å². The highest BCUT2D eigenvalue weighted by Crippen LogP contribution is 1.97. The molecule has 0 aromatic heterocycles. The first-order valence-electron chi connectivity index (χ1n) is 5.14. The third kappa shape index (κ3) is 14.7. The van der Waals surface area contributed by atoms with Crippen LogP contribution >= 0.6 is 0 Å². The molecule has 0 saturated heterocycles. The van der Waals surface area contributed by atoms with Crippen LogP contribution in [-0.2, 0) is 0 Å². The maximum absolute atomic E-state index is 3.63. The summed E-state index contributed by atoms with van der Waals surface area (Å²) in [7, 11) is 0. The van der Waals surface area contributed by atoms with Crippen molar-refractivity contribution in [2.45, 2.75) is 13.8 Å². The first kappa shape index (κ1) is 16.6. The lowest BCUT2D eigenvalue weighted by Gasteiger charge is -1.85. The summed E-state index contributed by atoms with van der Waals surface area (Å²) in [5.74, 6) is 0. The monoisotopic (exact) mass is 214 g/mol. The zero-order chi connectivity index (χ0) is 12.8. The van der Waals surface area contributed by atoms with Crippen LogP contribution in [0.15, 0.2) is 74.4 Å². The van der Waals surface area contributed by atoms with E-state index in [1.54, 1.807) is 12.2 Å². The lowest BCUT2D eigenvalue weighted by molar-refractivity contribution is 1.58. The Labute approximate surface area is 100 Å². The van der Waals surface area contributed by atoms with Gasteiger partial charge in [-0.25, -0.2) is 0 Å². The minimum absolute atomic E-state index is 1.02. The molecule has 16 heavy (non-hydrogen) atoms. The van der Waals surface area contributed by atoms with Crippen molar-refractivity contribution >= 4 is 6.08 Å². The molecule has 0 fully saturated rings. The lowest BCUT2D eigenvalue weighted by Crippen LogP contribution is -1.63. The van der Waals surface area contributed by atoms with Crippen LogP contribution in [0, 0.1) is 0 Å². The average Bonchev–Trinajstić information content (AvgIpc) is 2.32. The predicted octanol–water partition coefficient (Wildman–Crippen LogP) is 5.27. The minimum atomic E-state index is 1.02. The standard InChI is InChI=1S/C8H8.C5H8.C3H6/c1-2-8-6-4-3-5-7-8;1-4-5(2)3;1-3-2/h2-7H,1H2;4H,1-2H2,3H3;3H,1H2,2H3. The number of benzene rings is 1. The van der Waals surface area contributed by atoms with Crippen LogP contribution in [-0.4, -0.2) is 0 Å². The quantitative estimate of drug-likeness (QED) is 0.464. The molecular weight excluding hydrogens is 192 g/mol. The average molecular weight is 214 g/mol. The fourth-order valence-electron chi connectivity index (χ4n) is 0.589. The zero-order valence-corrected chi connectivity index (χ0v) is 10.4. The van der Waals surface area contributed by atoms with E-state index in [0.29, 0.717) is 0 Å². The van der Waals surface area contributed by atoms with E-state index in [2.05, 4.69) is 26.3 Å². The minimum Gasteiger partial charge on any atom is -0.103 e. The van der Waals surface area contributed by atoms with E-state index in [9.17, 15) is 0 Å². The van der Waals surface area contributed by atoms with Crippen molar-refractivity contribution in [3.8, 4) is 0 Å². The van der Waals surface area contributed by atoms with E-state index in [1.807, 2.05) is 50.3 Å². The molecule has 0 radical (unpaired) electrons. The Hall–Kier alpha value is -1.82. The fourth-order valence-corrected chi connectivity index (χ4v) is 0.589. The van der Waals surface area contributed by atoms with Crippen molar-refractivity contribution in [3.63, 3.8) is 0 Å². The van der Waals surface area contributed by atoms with Crippen molar-refractivity contribution in [1.82, 2.24) is 0 Å². The van der Waals surface area contributed by atoms with E-state index in [-0.39, 0.29) is 0 Å².